The van der Waals surface area contributed by atoms with E-state index in [2.05, 4.69) is 24.1 Å². The molecule has 0 atom stereocenters. The fraction of sp³-hybridized carbons (Fsp3) is 0.538. The standard InChI is InChI=1S/C13H23N5O2S/c1-3-6-18(4-2)7-5-17-13-8(11(15)19)9(14)10(21-13)12(16)20/h17H,3-7,14H2,1-2H3,(H2,15,19)(H2,16,20). The third-order valence-corrected chi connectivity index (χ3v) is 4.29. The van der Waals surface area contributed by atoms with Gasteiger partial charge in [-0.3, -0.25) is 9.59 Å². The molecule has 118 valence electrons. The lowest BCUT2D eigenvalue weighted by Gasteiger charge is -2.19. The van der Waals surface area contributed by atoms with Gasteiger partial charge in [-0.1, -0.05) is 13.8 Å². The van der Waals surface area contributed by atoms with Crippen LogP contribution in [0, 0.1) is 0 Å². The van der Waals surface area contributed by atoms with Gasteiger partial charge >= 0.3 is 0 Å². The molecule has 21 heavy (non-hydrogen) atoms. The first-order chi connectivity index (χ1) is 9.92. The first-order valence-corrected chi connectivity index (χ1v) is 7.72. The molecule has 0 aliphatic carbocycles. The van der Waals surface area contributed by atoms with Gasteiger partial charge in [-0.05, 0) is 19.5 Å². The predicted molar refractivity (Wildman–Crippen MR) is 86.7 cm³/mol. The molecule has 0 spiro atoms. The molecule has 0 fully saturated rings. The number of nitrogens with zero attached hydrogens (tertiary/aromatic N) is 1. The van der Waals surface area contributed by atoms with Gasteiger partial charge in [0.2, 0.25) is 0 Å². The van der Waals surface area contributed by atoms with Crippen LogP contribution in [0.3, 0.4) is 0 Å². The van der Waals surface area contributed by atoms with Crippen molar-refractivity contribution in [2.45, 2.75) is 20.3 Å². The van der Waals surface area contributed by atoms with Crippen molar-refractivity contribution < 1.29 is 9.59 Å². The van der Waals surface area contributed by atoms with Crippen molar-refractivity contribution in [3.05, 3.63) is 10.4 Å². The zero-order valence-corrected chi connectivity index (χ0v) is 13.3. The average Bonchev–Trinajstić information content (AvgIpc) is 2.74. The monoisotopic (exact) mass is 313 g/mol. The predicted octanol–water partition coefficient (Wildman–Crippen LogP) is 0.672. The number of hydrogen-bond acceptors (Lipinski definition) is 6. The molecule has 0 saturated heterocycles. The number of nitrogens with two attached hydrogens (primary N) is 3. The van der Waals surface area contributed by atoms with Gasteiger partial charge in [-0.2, -0.15) is 0 Å². The fourth-order valence-corrected chi connectivity index (χ4v) is 3.07. The number of anilines is 2. The highest BCUT2D eigenvalue weighted by atomic mass is 32.1. The molecule has 0 bridgehead atoms. The molecular formula is C13H23N5O2S. The summed E-state index contributed by atoms with van der Waals surface area (Å²) in [6.45, 7) is 7.65. The first-order valence-electron chi connectivity index (χ1n) is 6.90. The zero-order valence-electron chi connectivity index (χ0n) is 12.4. The van der Waals surface area contributed by atoms with Crippen LogP contribution >= 0.6 is 11.3 Å². The summed E-state index contributed by atoms with van der Waals surface area (Å²) < 4.78 is 0. The van der Waals surface area contributed by atoms with Crippen molar-refractivity contribution >= 4 is 33.8 Å². The van der Waals surface area contributed by atoms with Crippen LogP contribution in [0.2, 0.25) is 0 Å². The highest BCUT2D eigenvalue weighted by Crippen LogP contribution is 2.34. The SMILES string of the molecule is CCCN(CC)CCNc1sc(C(N)=O)c(N)c1C(N)=O. The summed E-state index contributed by atoms with van der Waals surface area (Å²) in [5.41, 5.74) is 16.5. The second kappa shape index (κ2) is 7.84. The fourth-order valence-electron chi connectivity index (χ4n) is 2.07. The lowest BCUT2D eigenvalue weighted by atomic mass is 10.2. The summed E-state index contributed by atoms with van der Waals surface area (Å²) >= 11 is 1.07. The first kappa shape index (κ1) is 17.3. The third kappa shape index (κ3) is 4.33. The number of rotatable bonds is 9. The molecule has 8 heteroatoms. The van der Waals surface area contributed by atoms with Crippen LogP contribution in [0.15, 0.2) is 0 Å². The Bertz CT molecular complexity index is 515. The van der Waals surface area contributed by atoms with Crippen molar-refractivity contribution in [2.75, 3.05) is 37.2 Å². The number of nitrogens with one attached hydrogen (secondary N) is 1. The van der Waals surface area contributed by atoms with E-state index in [1.54, 1.807) is 0 Å². The van der Waals surface area contributed by atoms with Gasteiger partial charge in [0, 0.05) is 13.1 Å². The van der Waals surface area contributed by atoms with Crippen LogP contribution in [-0.2, 0) is 0 Å². The summed E-state index contributed by atoms with van der Waals surface area (Å²) in [6, 6.07) is 0. The van der Waals surface area contributed by atoms with Gasteiger partial charge in [0.25, 0.3) is 11.8 Å². The number of amides is 2. The lowest BCUT2D eigenvalue weighted by Crippen LogP contribution is -2.29. The lowest BCUT2D eigenvalue weighted by molar-refractivity contribution is 0.0999. The Morgan fingerprint density at radius 1 is 1.19 bits per heavy atom. The number of carbonyl (C=O) groups excluding carboxylic acids is 2. The number of nitrogen functional groups attached to an aromatic ring is 1. The Kier molecular flexibility index (Phi) is 6.44. The largest absolute Gasteiger partial charge is 0.397 e. The number of primary amides is 2. The van der Waals surface area contributed by atoms with E-state index in [9.17, 15) is 9.59 Å². The summed E-state index contributed by atoms with van der Waals surface area (Å²) in [5, 5.41) is 3.62. The van der Waals surface area contributed by atoms with E-state index in [-0.39, 0.29) is 16.1 Å². The van der Waals surface area contributed by atoms with Crippen molar-refractivity contribution in [1.82, 2.24) is 4.90 Å². The molecule has 7 N–H and O–H groups in total. The van der Waals surface area contributed by atoms with Crippen LogP contribution in [0.25, 0.3) is 0 Å². The molecule has 1 rings (SSSR count). The second-order valence-electron chi connectivity index (χ2n) is 4.64. The Morgan fingerprint density at radius 3 is 2.33 bits per heavy atom. The van der Waals surface area contributed by atoms with E-state index in [4.69, 9.17) is 17.2 Å². The molecule has 0 aromatic carbocycles. The smallest absolute Gasteiger partial charge is 0.260 e. The van der Waals surface area contributed by atoms with Crippen LogP contribution in [0.1, 0.15) is 40.3 Å². The summed E-state index contributed by atoms with van der Waals surface area (Å²) in [4.78, 5) is 25.2. The number of hydrogen-bond donors (Lipinski definition) is 4. The molecule has 2 amide bonds. The van der Waals surface area contributed by atoms with Crippen LogP contribution in [0.5, 0.6) is 0 Å². The molecule has 1 aromatic rings. The highest BCUT2D eigenvalue weighted by molar-refractivity contribution is 7.19. The van der Waals surface area contributed by atoms with Crippen LogP contribution in [0.4, 0.5) is 10.7 Å². The molecule has 0 aliphatic heterocycles. The third-order valence-electron chi connectivity index (χ3n) is 3.12. The molecule has 0 unspecified atom stereocenters. The molecule has 1 aromatic heterocycles. The highest BCUT2D eigenvalue weighted by Gasteiger charge is 2.22. The van der Waals surface area contributed by atoms with Gasteiger partial charge in [0.05, 0.1) is 11.3 Å². The molecule has 0 aliphatic rings. The second-order valence-corrected chi connectivity index (χ2v) is 5.66. The molecule has 1 heterocycles. The Hall–Kier alpha value is -1.80. The molecule has 0 saturated carbocycles. The van der Waals surface area contributed by atoms with E-state index in [1.807, 2.05) is 0 Å². The van der Waals surface area contributed by atoms with Gasteiger partial charge < -0.3 is 27.4 Å². The molecule has 7 nitrogen and oxygen atoms in total. The Balaban J connectivity index is 2.81. The molecular weight excluding hydrogens is 290 g/mol. The van der Waals surface area contributed by atoms with E-state index in [0.29, 0.717) is 11.5 Å². The van der Waals surface area contributed by atoms with E-state index < -0.39 is 11.8 Å². The topological polar surface area (TPSA) is 127 Å². The van der Waals surface area contributed by atoms with Crippen molar-refractivity contribution in [3.8, 4) is 0 Å². The normalized spacial score (nSPS) is 10.8. The van der Waals surface area contributed by atoms with Gasteiger partial charge in [0.15, 0.2) is 0 Å². The van der Waals surface area contributed by atoms with Crippen molar-refractivity contribution in [1.29, 1.82) is 0 Å². The van der Waals surface area contributed by atoms with Gasteiger partial charge in [-0.25, -0.2) is 0 Å². The number of carbonyl (C=O) groups is 2. The molecule has 0 radical (unpaired) electrons. The minimum Gasteiger partial charge on any atom is -0.397 e. The summed E-state index contributed by atoms with van der Waals surface area (Å²) in [5.74, 6) is -1.33. The van der Waals surface area contributed by atoms with Gasteiger partial charge in [0.1, 0.15) is 9.88 Å². The maximum atomic E-state index is 11.5. The Labute approximate surface area is 128 Å². The van der Waals surface area contributed by atoms with Gasteiger partial charge in [-0.15, -0.1) is 11.3 Å². The minimum atomic E-state index is -0.667. The van der Waals surface area contributed by atoms with E-state index >= 15 is 0 Å². The zero-order chi connectivity index (χ0) is 16.0. The summed E-state index contributed by atoms with van der Waals surface area (Å²) in [7, 11) is 0. The van der Waals surface area contributed by atoms with Crippen LogP contribution in [-0.4, -0.2) is 42.9 Å². The quantitative estimate of drug-likeness (QED) is 0.533. The Morgan fingerprint density at radius 2 is 1.86 bits per heavy atom. The van der Waals surface area contributed by atoms with Crippen molar-refractivity contribution in [2.24, 2.45) is 11.5 Å². The van der Waals surface area contributed by atoms with Crippen molar-refractivity contribution in [3.63, 3.8) is 0 Å². The maximum absolute atomic E-state index is 11.5. The minimum absolute atomic E-state index is 0.0587. The number of thiophene rings is 1. The summed E-state index contributed by atoms with van der Waals surface area (Å²) in [6.07, 6.45) is 1.08. The van der Waals surface area contributed by atoms with E-state index in [1.165, 1.54) is 0 Å². The van der Waals surface area contributed by atoms with E-state index in [0.717, 1.165) is 37.4 Å². The number of likely N-dealkylation sites (N-methyl/N-ethyl adjacent to an activating group) is 1. The maximum Gasteiger partial charge on any atom is 0.260 e. The van der Waals surface area contributed by atoms with Crippen LogP contribution < -0.4 is 22.5 Å². The average molecular weight is 313 g/mol.